The molecule has 0 radical (unpaired) electrons. The van der Waals surface area contributed by atoms with Crippen molar-refractivity contribution in [2.75, 3.05) is 12.8 Å². The highest BCUT2D eigenvalue weighted by molar-refractivity contribution is 8.93. The van der Waals surface area contributed by atoms with Gasteiger partial charge in [-0.05, 0) is 25.0 Å². The van der Waals surface area contributed by atoms with Gasteiger partial charge in [-0.15, -0.1) is 17.0 Å². The van der Waals surface area contributed by atoms with Gasteiger partial charge < -0.3 is 10.0 Å². The minimum Gasteiger partial charge on any atom is -0.366 e. The van der Waals surface area contributed by atoms with Crippen LogP contribution in [-0.4, -0.2) is 42.4 Å². The summed E-state index contributed by atoms with van der Waals surface area (Å²) in [5.41, 5.74) is -1.24. The fourth-order valence-corrected chi connectivity index (χ4v) is 6.04. The predicted octanol–water partition coefficient (Wildman–Crippen LogP) is 3.73. The van der Waals surface area contributed by atoms with Gasteiger partial charge in [0.25, 0.3) is 0 Å². The van der Waals surface area contributed by atoms with Crippen LogP contribution in [0.2, 0.25) is 10.0 Å². The minimum absolute atomic E-state index is 0. The van der Waals surface area contributed by atoms with Gasteiger partial charge in [-0.1, -0.05) is 54.2 Å². The van der Waals surface area contributed by atoms with Crippen LogP contribution in [0.1, 0.15) is 37.7 Å². The molecule has 0 aromatic heterocycles. The number of nitrogens with two attached hydrogens (primary N) is 1. The van der Waals surface area contributed by atoms with Crippen molar-refractivity contribution in [3.8, 4) is 0 Å². The van der Waals surface area contributed by atoms with Gasteiger partial charge in [-0.2, -0.15) is 0 Å². The molecule has 1 heterocycles. The number of benzene rings is 1. The molecule has 152 valence electrons. The van der Waals surface area contributed by atoms with Gasteiger partial charge in [-0.3, -0.25) is 4.99 Å². The van der Waals surface area contributed by atoms with E-state index in [0.29, 0.717) is 0 Å². The van der Waals surface area contributed by atoms with Gasteiger partial charge in [0.05, 0.1) is 21.8 Å². The Labute approximate surface area is 184 Å². The summed E-state index contributed by atoms with van der Waals surface area (Å²) >= 11 is 13.7. The van der Waals surface area contributed by atoms with Gasteiger partial charge in [0.1, 0.15) is 4.90 Å². The number of hydrogen-bond acceptors (Lipinski definition) is 5. The molecule has 1 aliphatic heterocycles. The van der Waals surface area contributed by atoms with Crippen LogP contribution >= 0.6 is 51.9 Å². The maximum Gasteiger partial charge on any atom is 0.239 e. The monoisotopic (exact) mass is 517 g/mol. The third-order valence-corrected chi connectivity index (χ3v) is 7.74. The highest BCUT2D eigenvalue weighted by Gasteiger charge is 2.44. The van der Waals surface area contributed by atoms with E-state index in [2.05, 4.69) is 0 Å². The summed E-state index contributed by atoms with van der Waals surface area (Å²) in [5, 5.41) is 17.3. The highest BCUT2D eigenvalue weighted by atomic mass is 79.9. The molecule has 2 fully saturated rings. The molecule has 1 unspecified atom stereocenters. The van der Waals surface area contributed by atoms with Crippen molar-refractivity contribution in [1.29, 1.82) is 0 Å². The molecule has 3 rings (SSSR count). The van der Waals surface area contributed by atoms with Crippen LogP contribution in [0, 0.1) is 0 Å². The van der Waals surface area contributed by atoms with Crippen LogP contribution < -0.4 is 5.14 Å². The number of nitrogens with zero attached hydrogens (tertiary/aromatic N) is 2. The zero-order valence-corrected chi connectivity index (χ0v) is 19.5. The normalized spacial score (nSPS) is 25.7. The molecule has 1 saturated heterocycles. The van der Waals surface area contributed by atoms with E-state index in [1.165, 1.54) is 43.2 Å². The molecule has 0 amide bonds. The molecule has 1 atom stereocenters. The first-order valence-corrected chi connectivity index (χ1v) is 11.6. The van der Waals surface area contributed by atoms with E-state index in [0.717, 1.165) is 18.0 Å². The van der Waals surface area contributed by atoms with Crippen LogP contribution in [0.4, 0.5) is 0 Å². The smallest absolute Gasteiger partial charge is 0.239 e. The third kappa shape index (κ3) is 4.76. The Morgan fingerprint density at radius 3 is 2.48 bits per heavy atom. The van der Waals surface area contributed by atoms with Gasteiger partial charge >= 0.3 is 0 Å². The Morgan fingerprint density at radius 2 is 1.89 bits per heavy atom. The molecule has 3 N–H and O–H groups in total. The lowest BCUT2D eigenvalue weighted by atomic mass is 9.96. The quantitative estimate of drug-likeness (QED) is 0.635. The van der Waals surface area contributed by atoms with E-state index in [4.69, 9.17) is 33.3 Å². The molecule has 2 aliphatic rings. The van der Waals surface area contributed by atoms with Crippen molar-refractivity contribution in [3.63, 3.8) is 0 Å². The highest BCUT2D eigenvalue weighted by Crippen LogP contribution is 2.43. The first kappa shape index (κ1) is 23.3. The summed E-state index contributed by atoms with van der Waals surface area (Å²) in [6.07, 6.45) is 5.67. The van der Waals surface area contributed by atoms with Crippen LogP contribution in [0.5, 0.6) is 0 Å². The lowest BCUT2D eigenvalue weighted by Crippen LogP contribution is -2.43. The number of primary sulfonamides is 1. The summed E-state index contributed by atoms with van der Waals surface area (Å²) in [4.78, 5) is 6.17. The maximum absolute atomic E-state index is 11.8. The number of aliphatic hydroxyl groups is 1. The van der Waals surface area contributed by atoms with Crippen molar-refractivity contribution in [2.45, 2.75) is 48.8 Å². The van der Waals surface area contributed by atoms with E-state index in [1.54, 1.807) is 11.9 Å². The van der Waals surface area contributed by atoms with Crippen LogP contribution in [0.3, 0.4) is 0 Å². The molecule has 0 spiro atoms. The van der Waals surface area contributed by atoms with E-state index in [-0.39, 0.29) is 49.3 Å². The van der Waals surface area contributed by atoms with Crippen LogP contribution in [0.15, 0.2) is 22.0 Å². The largest absolute Gasteiger partial charge is 0.366 e. The standard InChI is InChI=1S/C16H21Cl2N3O3S2.BrH/c1-21-15(20-10-5-3-2-4-6-10)25-9-16(21,22)11-7-14(26(19,23)24)13(18)8-12(11)17;/h7-8,10,22H,2-6,9H2,1H3,(H2,19,23,24);1H. The second kappa shape index (κ2) is 8.77. The molecular weight excluding hydrogens is 497 g/mol. The Morgan fingerprint density at radius 1 is 1.26 bits per heavy atom. The van der Waals surface area contributed by atoms with E-state index in [1.807, 2.05) is 0 Å². The van der Waals surface area contributed by atoms with E-state index < -0.39 is 15.7 Å². The Bertz CT molecular complexity index is 848. The second-order valence-corrected chi connectivity index (χ2v) is 9.96. The fourth-order valence-electron chi connectivity index (χ4n) is 3.32. The summed E-state index contributed by atoms with van der Waals surface area (Å²) in [5.74, 6) is 0.278. The number of amidine groups is 1. The molecule has 0 bridgehead atoms. The van der Waals surface area contributed by atoms with E-state index in [9.17, 15) is 13.5 Å². The Hall–Kier alpha value is -0.0300. The Balaban J connectivity index is 0.00000261. The fraction of sp³-hybridized carbons (Fsp3) is 0.562. The first-order valence-electron chi connectivity index (χ1n) is 8.32. The molecule has 1 aromatic carbocycles. The average Bonchev–Trinajstić information content (AvgIpc) is 2.84. The molecule has 27 heavy (non-hydrogen) atoms. The zero-order valence-electron chi connectivity index (χ0n) is 14.7. The lowest BCUT2D eigenvalue weighted by Gasteiger charge is -2.33. The summed E-state index contributed by atoms with van der Waals surface area (Å²) in [6, 6.07) is 2.81. The summed E-state index contributed by atoms with van der Waals surface area (Å²) in [6.45, 7) is 0. The summed E-state index contributed by atoms with van der Waals surface area (Å²) in [7, 11) is -2.31. The van der Waals surface area contributed by atoms with Gasteiger partial charge in [-0.25, -0.2) is 13.6 Å². The van der Waals surface area contributed by atoms with Gasteiger partial charge in [0.15, 0.2) is 10.9 Å². The molecule has 11 heteroatoms. The van der Waals surface area contributed by atoms with Gasteiger partial charge in [0, 0.05) is 12.6 Å². The lowest BCUT2D eigenvalue weighted by molar-refractivity contribution is -0.0350. The van der Waals surface area contributed by atoms with Gasteiger partial charge in [0.2, 0.25) is 10.0 Å². The molecular formula is C16H22BrCl2N3O3S2. The molecule has 1 aliphatic carbocycles. The van der Waals surface area contributed by atoms with Crippen molar-refractivity contribution < 1.29 is 13.5 Å². The third-order valence-electron chi connectivity index (χ3n) is 4.87. The van der Waals surface area contributed by atoms with Crippen LogP contribution in [0.25, 0.3) is 0 Å². The number of thioether (sulfide) groups is 1. The van der Waals surface area contributed by atoms with Crippen molar-refractivity contribution in [3.05, 3.63) is 27.7 Å². The predicted molar refractivity (Wildman–Crippen MR) is 117 cm³/mol. The minimum atomic E-state index is -4.04. The van der Waals surface area contributed by atoms with Crippen LogP contribution in [-0.2, 0) is 15.7 Å². The van der Waals surface area contributed by atoms with Crippen molar-refractivity contribution >= 4 is 67.1 Å². The Kier molecular flexibility index (Phi) is 7.55. The molecule has 1 aromatic rings. The first-order chi connectivity index (χ1) is 12.1. The maximum atomic E-state index is 11.8. The average molecular weight is 519 g/mol. The molecule has 1 saturated carbocycles. The number of rotatable bonds is 3. The summed E-state index contributed by atoms with van der Waals surface area (Å²) < 4.78 is 23.5. The number of aliphatic imine (C=N–C) groups is 1. The van der Waals surface area contributed by atoms with Crippen molar-refractivity contribution in [1.82, 2.24) is 4.90 Å². The SMILES string of the molecule is Br.CN1C(=NC2CCCCC2)SCC1(O)c1cc(S(N)(=O)=O)c(Cl)cc1Cl. The van der Waals surface area contributed by atoms with E-state index >= 15 is 0 Å². The molecule has 6 nitrogen and oxygen atoms in total. The zero-order chi connectivity index (χ0) is 19.1. The number of halogens is 3. The van der Waals surface area contributed by atoms with Crippen molar-refractivity contribution in [2.24, 2.45) is 10.1 Å². The number of sulfonamides is 1. The second-order valence-electron chi connectivity index (χ2n) is 6.68. The topological polar surface area (TPSA) is 96.0 Å². The number of hydrogen-bond donors (Lipinski definition) is 2.